The highest BCUT2D eigenvalue weighted by molar-refractivity contribution is 9.10. The molecule has 0 heterocycles. The standard InChI is InChI=1S/C14H10BrClFNO/c15-13-11(2-1-3-12(13)17)14(19)18-10-6-4-9(8-16)5-7-10/h1-7H,8H2,(H,18,19). The molecule has 0 radical (unpaired) electrons. The van der Waals surface area contributed by atoms with Gasteiger partial charge in [-0.25, -0.2) is 4.39 Å². The van der Waals surface area contributed by atoms with Crippen molar-refractivity contribution in [3.05, 3.63) is 63.9 Å². The maximum Gasteiger partial charge on any atom is 0.256 e. The Morgan fingerprint density at radius 2 is 1.89 bits per heavy atom. The SMILES string of the molecule is O=C(Nc1ccc(CCl)cc1)c1cccc(F)c1Br. The highest BCUT2D eigenvalue weighted by Crippen LogP contribution is 2.21. The first-order valence-electron chi connectivity index (χ1n) is 5.52. The first kappa shape index (κ1) is 14.0. The number of benzene rings is 2. The van der Waals surface area contributed by atoms with Gasteiger partial charge in [0.05, 0.1) is 10.0 Å². The van der Waals surface area contributed by atoms with Crippen LogP contribution in [0.25, 0.3) is 0 Å². The number of amides is 1. The highest BCUT2D eigenvalue weighted by Gasteiger charge is 2.13. The number of alkyl halides is 1. The van der Waals surface area contributed by atoms with Crippen LogP contribution in [0.1, 0.15) is 15.9 Å². The lowest BCUT2D eigenvalue weighted by Crippen LogP contribution is -2.13. The summed E-state index contributed by atoms with van der Waals surface area (Å²) in [7, 11) is 0. The van der Waals surface area contributed by atoms with E-state index in [1.807, 2.05) is 12.1 Å². The Labute approximate surface area is 123 Å². The van der Waals surface area contributed by atoms with E-state index in [2.05, 4.69) is 21.2 Å². The predicted octanol–water partition coefficient (Wildman–Crippen LogP) is 4.58. The van der Waals surface area contributed by atoms with Gasteiger partial charge in [0.1, 0.15) is 5.82 Å². The van der Waals surface area contributed by atoms with E-state index >= 15 is 0 Å². The number of rotatable bonds is 3. The van der Waals surface area contributed by atoms with Gasteiger partial charge in [0.25, 0.3) is 5.91 Å². The molecule has 0 aliphatic heterocycles. The minimum absolute atomic E-state index is 0.157. The molecular formula is C14H10BrClFNO. The lowest BCUT2D eigenvalue weighted by molar-refractivity contribution is 0.102. The molecule has 0 saturated heterocycles. The van der Waals surface area contributed by atoms with E-state index in [1.54, 1.807) is 18.2 Å². The second-order valence-electron chi connectivity index (χ2n) is 3.89. The molecule has 19 heavy (non-hydrogen) atoms. The summed E-state index contributed by atoms with van der Waals surface area (Å²) < 4.78 is 13.5. The van der Waals surface area contributed by atoms with Gasteiger partial charge in [0, 0.05) is 11.6 Å². The van der Waals surface area contributed by atoms with Crippen molar-refractivity contribution < 1.29 is 9.18 Å². The molecule has 2 rings (SSSR count). The fourth-order valence-electron chi connectivity index (χ4n) is 1.55. The third-order valence-electron chi connectivity index (χ3n) is 2.56. The summed E-state index contributed by atoms with van der Waals surface area (Å²) >= 11 is 8.75. The number of anilines is 1. The summed E-state index contributed by atoms with van der Waals surface area (Å²) in [4.78, 5) is 12.0. The fourth-order valence-corrected chi connectivity index (χ4v) is 2.18. The topological polar surface area (TPSA) is 29.1 Å². The van der Waals surface area contributed by atoms with Crippen LogP contribution in [0.15, 0.2) is 46.9 Å². The monoisotopic (exact) mass is 341 g/mol. The van der Waals surface area contributed by atoms with Crippen molar-refractivity contribution in [3.63, 3.8) is 0 Å². The molecule has 0 aliphatic rings. The minimum atomic E-state index is -0.467. The molecule has 2 aromatic rings. The Hall–Kier alpha value is -1.39. The maximum atomic E-state index is 13.3. The number of halogens is 3. The van der Waals surface area contributed by atoms with Gasteiger partial charge in [0.15, 0.2) is 0 Å². The van der Waals surface area contributed by atoms with Crippen molar-refractivity contribution in [3.8, 4) is 0 Å². The van der Waals surface area contributed by atoms with Crippen LogP contribution in [0.5, 0.6) is 0 Å². The number of nitrogens with one attached hydrogen (secondary N) is 1. The molecule has 0 atom stereocenters. The second kappa shape index (κ2) is 6.17. The zero-order valence-corrected chi connectivity index (χ0v) is 12.1. The van der Waals surface area contributed by atoms with Gasteiger partial charge in [-0.05, 0) is 45.8 Å². The summed E-state index contributed by atoms with van der Waals surface area (Å²) in [5, 5.41) is 2.70. The molecule has 1 N–H and O–H groups in total. The first-order chi connectivity index (χ1) is 9.11. The van der Waals surface area contributed by atoms with Crippen LogP contribution in [0.4, 0.5) is 10.1 Å². The number of hydrogen-bond acceptors (Lipinski definition) is 1. The van der Waals surface area contributed by atoms with E-state index < -0.39 is 5.82 Å². The average Bonchev–Trinajstić information content (AvgIpc) is 2.42. The third-order valence-corrected chi connectivity index (χ3v) is 3.68. The van der Waals surface area contributed by atoms with E-state index in [1.165, 1.54) is 12.1 Å². The predicted molar refractivity (Wildman–Crippen MR) is 78.1 cm³/mol. The maximum absolute atomic E-state index is 13.3. The summed E-state index contributed by atoms with van der Waals surface area (Å²) in [6, 6.07) is 11.5. The summed E-state index contributed by atoms with van der Waals surface area (Å²) in [5.41, 5.74) is 1.85. The Bertz CT molecular complexity index is 601. The summed E-state index contributed by atoms with van der Waals surface area (Å²) in [5.74, 6) is -0.418. The van der Waals surface area contributed by atoms with Crippen LogP contribution in [-0.4, -0.2) is 5.91 Å². The molecule has 2 nitrogen and oxygen atoms in total. The largest absolute Gasteiger partial charge is 0.322 e. The van der Waals surface area contributed by atoms with Gasteiger partial charge < -0.3 is 5.32 Å². The van der Waals surface area contributed by atoms with Crippen molar-refractivity contribution in [2.75, 3.05) is 5.32 Å². The smallest absolute Gasteiger partial charge is 0.256 e. The number of hydrogen-bond donors (Lipinski definition) is 1. The van der Waals surface area contributed by atoms with Gasteiger partial charge in [-0.1, -0.05) is 18.2 Å². The lowest BCUT2D eigenvalue weighted by atomic mass is 10.2. The molecule has 0 aromatic heterocycles. The number of carbonyl (C=O) groups excluding carboxylic acids is 1. The Balaban J connectivity index is 2.18. The average molecular weight is 343 g/mol. The quantitative estimate of drug-likeness (QED) is 0.813. The fraction of sp³-hybridized carbons (Fsp3) is 0.0714. The Morgan fingerprint density at radius 3 is 2.53 bits per heavy atom. The molecule has 0 fully saturated rings. The van der Waals surface area contributed by atoms with E-state index in [4.69, 9.17) is 11.6 Å². The minimum Gasteiger partial charge on any atom is -0.322 e. The van der Waals surface area contributed by atoms with E-state index in [0.717, 1.165) is 5.56 Å². The van der Waals surface area contributed by atoms with Crippen LogP contribution in [0, 0.1) is 5.82 Å². The molecule has 0 spiro atoms. The Kier molecular flexibility index (Phi) is 4.56. The van der Waals surface area contributed by atoms with Crippen molar-refractivity contribution >= 4 is 39.1 Å². The third kappa shape index (κ3) is 3.33. The molecule has 5 heteroatoms. The first-order valence-corrected chi connectivity index (χ1v) is 6.85. The molecule has 98 valence electrons. The van der Waals surface area contributed by atoms with Gasteiger partial charge in [-0.2, -0.15) is 0 Å². The van der Waals surface area contributed by atoms with Crippen LogP contribution in [-0.2, 0) is 5.88 Å². The second-order valence-corrected chi connectivity index (χ2v) is 4.95. The van der Waals surface area contributed by atoms with E-state index in [9.17, 15) is 9.18 Å². The van der Waals surface area contributed by atoms with Crippen molar-refractivity contribution in [2.24, 2.45) is 0 Å². The summed E-state index contributed by atoms with van der Waals surface area (Å²) in [6.07, 6.45) is 0. The zero-order valence-electron chi connectivity index (χ0n) is 9.79. The Morgan fingerprint density at radius 1 is 1.21 bits per heavy atom. The molecule has 0 unspecified atom stereocenters. The van der Waals surface area contributed by atoms with Gasteiger partial charge in [-0.15, -0.1) is 11.6 Å². The number of carbonyl (C=O) groups is 1. The normalized spacial score (nSPS) is 10.3. The summed E-state index contributed by atoms with van der Waals surface area (Å²) in [6.45, 7) is 0. The molecule has 0 bridgehead atoms. The lowest BCUT2D eigenvalue weighted by Gasteiger charge is -2.07. The van der Waals surface area contributed by atoms with Crippen LogP contribution >= 0.6 is 27.5 Å². The zero-order chi connectivity index (χ0) is 13.8. The molecule has 0 saturated carbocycles. The van der Waals surface area contributed by atoms with Crippen LogP contribution in [0.3, 0.4) is 0 Å². The van der Waals surface area contributed by atoms with Gasteiger partial charge in [-0.3, -0.25) is 4.79 Å². The van der Waals surface area contributed by atoms with Gasteiger partial charge >= 0.3 is 0 Å². The molecule has 1 amide bonds. The van der Waals surface area contributed by atoms with Crippen molar-refractivity contribution in [1.29, 1.82) is 0 Å². The van der Waals surface area contributed by atoms with E-state index in [-0.39, 0.29) is 15.9 Å². The van der Waals surface area contributed by atoms with Crippen LogP contribution in [0.2, 0.25) is 0 Å². The molecule has 2 aromatic carbocycles. The van der Waals surface area contributed by atoms with Gasteiger partial charge in [0.2, 0.25) is 0 Å². The van der Waals surface area contributed by atoms with E-state index in [0.29, 0.717) is 11.6 Å². The van der Waals surface area contributed by atoms with Crippen molar-refractivity contribution in [1.82, 2.24) is 0 Å². The highest BCUT2D eigenvalue weighted by atomic mass is 79.9. The molecular weight excluding hydrogens is 333 g/mol. The van der Waals surface area contributed by atoms with Crippen LogP contribution < -0.4 is 5.32 Å². The molecule has 0 aliphatic carbocycles. The van der Waals surface area contributed by atoms with Crippen molar-refractivity contribution in [2.45, 2.75) is 5.88 Å².